The Labute approximate surface area is 60.0 Å². The largest absolute Gasteiger partial charge is 0.492 e. The maximum absolute atomic E-state index is 9.92. The van der Waals surface area contributed by atoms with Crippen molar-refractivity contribution in [2.75, 3.05) is 0 Å². The van der Waals surface area contributed by atoms with Gasteiger partial charge < -0.3 is 5.11 Å². The molecule has 0 aromatic rings. The third-order valence-electron chi connectivity index (χ3n) is 0. The average Bonchev–Trinajstić information content (AvgIpc) is 0.811. The van der Waals surface area contributed by atoms with E-state index in [1.165, 1.54) is 0 Å². The van der Waals surface area contributed by atoms with Crippen LogP contribution in [0.4, 0.5) is 9.18 Å². The van der Waals surface area contributed by atoms with Crippen molar-refractivity contribution < 1.29 is 54.2 Å². The van der Waals surface area contributed by atoms with Crippen LogP contribution in [0.5, 0.6) is 0 Å². The van der Waals surface area contributed by atoms with Crippen LogP contribution in [0.25, 0.3) is 0 Å². The number of halogens is 1. The van der Waals surface area contributed by atoms with E-state index in [0.717, 1.165) is 0 Å². The molecule has 0 saturated heterocycles. The molecule has 0 atom stereocenters. The first kappa shape index (κ1) is 9.21. The number of carbonyl (C=O) groups is 1. The zero-order chi connectivity index (χ0) is 3.58. The van der Waals surface area contributed by atoms with E-state index >= 15 is 0 Å². The minimum absolute atomic E-state index is 0. The number of hydrogen-bond acceptors (Lipinski definition) is 1. The topological polar surface area (TPSA) is 37.3 Å². The average molecular weight is 296 g/mol. The molecule has 4 heteroatoms. The van der Waals surface area contributed by atoms with Crippen LogP contribution >= 0.6 is 0 Å². The van der Waals surface area contributed by atoms with Crippen molar-refractivity contribution in [3.63, 3.8) is 0 Å². The quantitative estimate of drug-likeness (QED) is 0.666. The second kappa shape index (κ2) is 4.72. The van der Waals surface area contributed by atoms with Gasteiger partial charge in [0, 0.05) is 39.9 Å². The standard InChI is InChI=1S/CHFO2.Th/c2-1(3)4;/h(H,3,4);. The Hall–Kier alpha value is 0.725. The molecule has 5 heavy (non-hydrogen) atoms. The molecule has 0 saturated carbocycles. The molecule has 0 heterocycles. The van der Waals surface area contributed by atoms with Gasteiger partial charge in [-0.05, 0) is 0 Å². The summed E-state index contributed by atoms with van der Waals surface area (Å²) < 4.78 is 9.92. The molecule has 0 aromatic heterocycles. The summed E-state index contributed by atoms with van der Waals surface area (Å²) in [6.45, 7) is 0. The summed E-state index contributed by atoms with van der Waals surface area (Å²) in [6.07, 6.45) is -2.33. The summed E-state index contributed by atoms with van der Waals surface area (Å²) in [5, 5.41) is 6.75. The Kier molecular flexibility index (Phi) is 8.70. The fraction of sp³-hybridized carbons (Fsp3) is 0. The minimum Gasteiger partial charge on any atom is -0.456 e. The zero-order valence-corrected chi connectivity index (χ0v) is 6.34. The van der Waals surface area contributed by atoms with Crippen molar-refractivity contribution in [3.05, 3.63) is 0 Å². The van der Waals surface area contributed by atoms with Gasteiger partial charge in [0.2, 0.25) is 0 Å². The van der Waals surface area contributed by atoms with Gasteiger partial charge in [-0.2, -0.15) is 0 Å². The van der Waals surface area contributed by atoms with Gasteiger partial charge in [0.25, 0.3) is 0 Å². The van der Waals surface area contributed by atoms with E-state index < -0.39 is 6.22 Å². The Morgan fingerprint density at radius 3 is 1.80 bits per heavy atom. The number of rotatable bonds is 0. The molecule has 0 aliphatic heterocycles. The van der Waals surface area contributed by atoms with Crippen LogP contribution in [0, 0.1) is 39.9 Å². The van der Waals surface area contributed by atoms with Crippen LogP contribution in [0.1, 0.15) is 0 Å². The van der Waals surface area contributed by atoms with Gasteiger partial charge in [0.1, 0.15) is 0 Å². The SMILES string of the molecule is O=C(O)F.[Th]. The Morgan fingerprint density at radius 2 is 1.80 bits per heavy atom. The normalized spacial score (nSPS) is 5.00. The smallest absolute Gasteiger partial charge is 0.456 e. The molecule has 0 unspecified atom stereocenters. The molecule has 28 valence electrons. The third kappa shape index (κ3) is 66.8. The van der Waals surface area contributed by atoms with Crippen LogP contribution in [-0.2, 0) is 0 Å². The van der Waals surface area contributed by atoms with Gasteiger partial charge in [0.15, 0.2) is 0 Å². The molecule has 0 fully saturated rings. The van der Waals surface area contributed by atoms with E-state index in [-0.39, 0.29) is 39.9 Å². The molecule has 0 aliphatic carbocycles. The van der Waals surface area contributed by atoms with Crippen molar-refractivity contribution >= 4 is 6.22 Å². The summed E-state index contributed by atoms with van der Waals surface area (Å²) in [6, 6.07) is 0. The van der Waals surface area contributed by atoms with Crippen LogP contribution in [0.15, 0.2) is 0 Å². The van der Waals surface area contributed by atoms with Gasteiger partial charge in [0.05, 0.1) is 0 Å². The van der Waals surface area contributed by atoms with Gasteiger partial charge in [-0.25, -0.2) is 4.79 Å². The van der Waals surface area contributed by atoms with Gasteiger partial charge in [-0.1, -0.05) is 0 Å². The van der Waals surface area contributed by atoms with Crippen molar-refractivity contribution in [1.82, 2.24) is 0 Å². The fourth-order valence-electron chi connectivity index (χ4n) is 0. The summed E-state index contributed by atoms with van der Waals surface area (Å²) in [4.78, 5) is 8.33. The van der Waals surface area contributed by atoms with Crippen molar-refractivity contribution in [1.29, 1.82) is 0 Å². The van der Waals surface area contributed by atoms with Gasteiger partial charge >= 0.3 is 6.22 Å². The second-order valence-corrected chi connectivity index (χ2v) is 0.253. The monoisotopic (exact) mass is 296 g/mol. The van der Waals surface area contributed by atoms with Crippen LogP contribution in [0.3, 0.4) is 0 Å². The van der Waals surface area contributed by atoms with E-state index in [4.69, 9.17) is 9.90 Å². The molecule has 0 aliphatic rings. The predicted octanol–water partition coefficient (Wildman–Crippen LogP) is 0.634. The zero-order valence-electron chi connectivity index (χ0n) is 2.23. The fourth-order valence-corrected chi connectivity index (χ4v) is 0. The molecule has 2 nitrogen and oxygen atoms in total. The Bertz CT molecular complexity index is 32.6. The maximum Gasteiger partial charge on any atom is 0.492 e. The number of hydrogen-bond donors (Lipinski definition) is 1. The summed E-state index contributed by atoms with van der Waals surface area (Å²) in [5.41, 5.74) is 0. The first-order valence-electron chi connectivity index (χ1n) is 0.617. The molecule has 0 rings (SSSR count). The van der Waals surface area contributed by atoms with Crippen molar-refractivity contribution in [3.8, 4) is 0 Å². The molecule has 0 aromatic carbocycles. The molecule has 0 bridgehead atoms. The second-order valence-electron chi connectivity index (χ2n) is 0.253. The van der Waals surface area contributed by atoms with E-state index in [0.29, 0.717) is 0 Å². The summed E-state index contributed by atoms with van der Waals surface area (Å²) in [7, 11) is 0. The minimum atomic E-state index is -2.33. The van der Waals surface area contributed by atoms with E-state index in [1.54, 1.807) is 0 Å². The first-order chi connectivity index (χ1) is 1.73. The predicted molar refractivity (Wildman–Crippen MR) is 9.13 cm³/mol. The molecular formula is CHFO2Th. The molecule has 0 spiro atoms. The maximum atomic E-state index is 9.92. The van der Waals surface area contributed by atoms with Crippen LogP contribution in [0.2, 0.25) is 0 Å². The summed E-state index contributed by atoms with van der Waals surface area (Å²) in [5.74, 6) is 0. The van der Waals surface area contributed by atoms with Crippen LogP contribution in [-0.4, -0.2) is 11.3 Å². The Morgan fingerprint density at radius 1 is 1.80 bits per heavy atom. The molecule has 0 amide bonds. The van der Waals surface area contributed by atoms with Crippen molar-refractivity contribution in [2.45, 2.75) is 0 Å². The first-order valence-corrected chi connectivity index (χ1v) is 0.617. The van der Waals surface area contributed by atoms with Crippen LogP contribution < -0.4 is 0 Å². The van der Waals surface area contributed by atoms with Gasteiger partial charge in [-0.15, -0.1) is 4.39 Å². The molecule has 1 N–H and O–H groups in total. The molecule has 0 radical (unpaired) electrons. The Balaban J connectivity index is 0. The van der Waals surface area contributed by atoms with Crippen molar-refractivity contribution in [2.24, 2.45) is 0 Å². The van der Waals surface area contributed by atoms with Gasteiger partial charge in [-0.3, -0.25) is 0 Å². The van der Waals surface area contributed by atoms with E-state index in [1.807, 2.05) is 0 Å². The number of carboxylic acid groups (broad SMARTS) is 1. The van der Waals surface area contributed by atoms with E-state index in [9.17, 15) is 4.39 Å². The van der Waals surface area contributed by atoms with E-state index in [2.05, 4.69) is 0 Å². The third-order valence-corrected chi connectivity index (χ3v) is 0. The molecular weight excluding hydrogens is 295 g/mol. The summed E-state index contributed by atoms with van der Waals surface area (Å²) >= 11 is 0.